The molecule has 1 aromatic carbocycles. The van der Waals surface area contributed by atoms with Gasteiger partial charge in [0.2, 0.25) is 0 Å². The topological polar surface area (TPSA) is 3.24 Å². The minimum Gasteiger partial charge on any atom is -0.379 e. The van der Waals surface area contributed by atoms with Crippen molar-refractivity contribution in [2.75, 3.05) is 7.05 Å². The van der Waals surface area contributed by atoms with Crippen molar-refractivity contribution >= 4 is 21.6 Å². The number of rotatable bonds is 1. The molecule has 0 amide bonds. The van der Waals surface area contributed by atoms with E-state index < -0.39 is 0 Å². The van der Waals surface area contributed by atoms with Crippen LogP contribution < -0.4 is 0 Å². The number of hydrogen-bond donors (Lipinski definition) is 0. The van der Waals surface area contributed by atoms with Crippen molar-refractivity contribution in [2.45, 2.75) is 0 Å². The molecule has 0 N–H and O–H groups in total. The Kier molecular flexibility index (Phi) is 5.30. The van der Waals surface area contributed by atoms with Gasteiger partial charge in [-0.2, -0.15) is 12.2 Å². The molecular weight excluding hydrogens is 358 g/mol. The molecule has 1 nitrogen and oxygen atoms in total. The summed E-state index contributed by atoms with van der Waals surface area (Å²) in [7, 11) is 1.84. The first-order valence-corrected chi connectivity index (χ1v) is 5.57. The van der Waals surface area contributed by atoms with Crippen LogP contribution in [-0.2, 0) is 32.7 Å². The van der Waals surface area contributed by atoms with Gasteiger partial charge < -0.3 is 4.90 Å². The number of benzene rings is 1. The Hall–Kier alpha value is -0.246. The average molecular weight is 368 g/mol. The molecule has 1 radical (unpaired) electrons. The van der Waals surface area contributed by atoms with Gasteiger partial charge in [-0.15, -0.1) is 12.1 Å². The second kappa shape index (κ2) is 6.08. The number of halogens is 2. The molecule has 1 aromatic rings. The Bertz CT molecular complexity index is 508. The minimum atomic E-state index is -0.271. The van der Waals surface area contributed by atoms with E-state index in [-0.39, 0.29) is 38.5 Å². The van der Waals surface area contributed by atoms with E-state index in [0.717, 1.165) is 10.2 Å². The Morgan fingerprint density at radius 1 is 1.41 bits per heavy atom. The molecule has 85 valence electrons. The van der Waals surface area contributed by atoms with Crippen LogP contribution in [-0.4, -0.2) is 11.9 Å². The van der Waals surface area contributed by atoms with E-state index in [1.54, 1.807) is 12.1 Å². The normalized spacial score (nSPS) is 14.4. The largest absolute Gasteiger partial charge is 0.379 e. The minimum absolute atomic E-state index is 0. The predicted molar refractivity (Wildman–Crippen MR) is 66.8 cm³/mol. The van der Waals surface area contributed by atoms with Gasteiger partial charge in [-0.25, -0.2) is 4.39 Å². The van der Waals surface area contributed by atoms with E-state index in [0.29, 0.717) is 11.3 Å². The molecule has 0 aliphatic carbocycles. The maximum absolute atomic E-state index is 13.8. The van der Waals surface area contributed by atoms with Crippen LogP contribution in [0.5, 0.6) is 0 Å². The molecule has 0 aromatic heterocycles. The van der Waals surface area contributed by atoms with Crippen molar-refractivity contribution < 1.29 is 37.1 Å². The molecule has 1 aliphatic heterocycles. The van der Waals surface area contributed by atoms with Crippen LogP contribution in [0.3, 0.4) is 0 Å². The maximum atomic E-state index is 13.8. The fraction of sp³-hybridized carbons (Fsp3) is 0.0769. The molecule has 1 heterocycles. The first kappa shape index (κ1) is 14.8. The Morgan fingerprint density at radius 2 is 2.12 bits per heavy atom. The summed E-state index contributed by atoms with van der Waals surface area (Å²) in [6.45, 7) is 3.86. The van der Waals surface area contributed by atoms with Crippen molar-refractivity contribution in [3.63, 3.8) is 0 Å². The van der Waals surface area contributed by atoms with Gasteiger partial charge >= 0.3 is 0 Å². The first-order chi connectivity index (χ1) is 7.59. The summed E-state index contributed by atoms with van der Waals surface area (Å²) in [5.74, 6) is -0.271. The van der Waals surface area contributed by atoms with Crippen molar-refractivity contribution in [1.82, 2.24) is 4.90 Å². The number of nitrogens with zero attached hydrogens (tertiary/aromatic N) is 1. The average Bonchev–Trinajstić information content (AvgIpc) is 2.23. The number of hydrogen-bond acceptors (Lipinski definition) is 1. The fourth-order valence-corrected chi connectivity index (χ4v) is 1.84. The first-order valence-electron chi connectivity index (χ1n) is 4.77. The van der Waals surface area contributed by atoms with Gasteiger partial charge in [0.1, 0.15) is 0 Å². The van der Waals surface area contributed by atoms with Crippen LogP contribution >= 0.6 is 15.9 Å². The Labute approximate surface area is 134 Å². The molecule has 0 saturated carbocycles. The molecule has 0 spiro atoms. The van der Waals surface area contributed by atoms with Crippen LogP contribution in [0.1, 0.15) is 5.56 Å². The third-order valence-corrected chi connectivity index (χ3v) is 2.94. The van der Waals surface area contributed by atoms with Gasteiger partial charge in [0.25, 0.3) is 0 Å². The molecule has 0 fully saturated rings. The summed E-state index contributed by atoms with van der Waals surface area (Å²) in [4.78, 5) is 1.81. The third-order valence-electron chi connectivity index (χ3n) is 2.45. The molecule has 17 heavy (non-hydrogen) atoms. The van der Waals surface area contributed by atoms with Crippen molar-refractivity contribution in [3.05, 3.63) is 64.6 Å². The smallest absolute Gasteiger partial charge is 0.0792 e. The molecule has 0 bridgehead atoms. The summed E-state index contributed by atoms with van der Waals surface area (Å²) >= 11 is 3.23. The molecule has 0 unspecified atom stereocenters. The van der Waals surface area contributed by atoms with E-state index in [1.807, 2.05) is 24.1 Å². The monoisotopic (exact) mass is 367 g/mol. The fourth-order valence-electron chi connectivity index (χ4n) is 1.51. The second-order valence-electron chi connectivity index (χ2n) is 3.50. The van der Waals surface area contributed by atoms with E-state index in [9.17, 15) is 4.39 Å². The Morgan fingerprint density at radius 3 is 2.76 bits per heavy atom. The summed E-state index contributed by atoms with van der Waals surface area (Å²) in [5, 5.41) is 0. The van der Waals surface area contributed by atoms with Gasteiger partial charge in [-0.1, -0.05) is 39.8 Å². The molecule has 2 rings (SSSR count). The Balaban J connectivity index is 0.00000144. The molecule has 0 atom stereocenters. The molecule has 1 aliphatic rings. The van der Waals surface area contributed by atoms with E-state index in [2.05, 4.69) is 28.6 Å². The third kappa shape index (κ3) is 3.15. The van der Waals surface area contributed by atoms with Gasteiger partial charge in [0, 0.05) is 44.2 Å². The SMILES string of the molecule is C=C1C=C[C-]=C(c2ccc(Br)cc2F)N1C.[Y]. The van der Waals surface area contributed by atoms with E-state index in [4.69, 9.17) is 0 Å². The van der Waals surface area contributed by atoms with Crippen LogP contribution in [0.2, 0.25) is 0 Å². The predicted octanol–water partition coefficient (Wildman–Crippen LogP) is 3.75. The van der Waals surface area contributed by atoms with Crippen LogP contribution in [0.25, 0.3) is 5.70 Å². The van der Waals surface area contributed by atoms with Gasteiger partial charge in [-0.05, 0) is 11.8 Å². The standard InChI is InChI=1S/C13H10BrFN.Y/c1-9-4-3-5-13(16(9)2)11-7-6-10(14)8-12(11)15;/h3-4,6-8H,1H2,2H3;/q-1;. The van der Waals surface area contributed by atoms with Gasteiger partial charge in [0.05, 0.1) is 5.82 Å². The molecule has 4 heteroatoms. The summed E-state index contributed by atoms with van der Waals surface area (Å²) < 4.78 is 14.5. The number of allylic oxidation sites excluding steroid dienone is 3. The van der Waals surface area contributed by atoms with Crippen LogP contribution in [0.4, 0.5) is 4.39 Å². The zero-order valence-corrected chi connectivity index (χ0v) is 13.8. The summed E-state index contributed by atoms with van der Waals surface area (Å²) in [6, 6.07) is 4.98. The van der Waals surface area contributed by atoms with Crippen molar-refractivity contribution in [3.8, 4) is 0 Å². The second-order valence-corrected chi connectivity index (χ2v) is 4.42. The van der Waals surface area contributed by atoms with Crippen molar-refractivity contribution in [2.24, 2.45) is 0 Å². The van der Waals surface area contributed by atoms with Crippen LogP contribution in [0.15, 0.2) is 47.1 Å². The zero-order chi connectivity index (χ0) is 11.7. The van der Waals surface area contributed by atoms with Gasteiger partial charge in [-0.3, -0.25) is 0 Å². The zero-order valence-electron chi connectivity index (χ0n) is 9.37. The molecule has 0 saturated heterocycles. The van der Waals surface area contributed by atoms with E-state index in [1.165, 1.54) is 6.07 Å². The quantitative estimate of drug-likeness (QED) is 0.683. The van der Waals surface area contributed by atoms with Crippen LogP contribution in [0, 0.1) is 11.9 Å². The summed E-state index contributed by atoms with van der Waals surface area (Å²) in [6.07, 6.45) is 6.60. The van der Waals surface area contributed by atoms with Crippen molar-refractivity contribution in [1.29, 1.82) is 0 Å². The maximum Gasteiger partial charge on any atom is 0.0792 e. The van der Waals surface area contributed by atoms with E-state index >= 15 is 0 Å². The molecular formula is C13H10BrFNY-. The van der Waals surface area contributed by atoms with Gasteiger partial charge in [0.15, 0.2) is 0 Å². The number of likely N-dealkylation sites (N-methyl/N-ethyl adjacent to an activating group) is 1. The summed E-state index contributed by atoms with van der Waals surface area (Å²) in [5.41, 5.74) is 2.03.